The zero-order chi connectivity index (χ0) is 16.8. The fourth-order valence-corrected chi connectivity index (χ4v) is 2.21. The number of fused-ring (bicyclic) bond motifs is 1. The van der Waals surface area contributed by atoms with Gasteiger partial charge in [-0.05, 0) is 19.4 Å². The summed E-state index contributed by atoms with van der Waals surface area (Å²) in [5.74, 6) is -0.930. The molecule has 1 amide bonds. The standard InChI is InChI=1S/C17H21NO5/c1-4-9-18-16(19)11(2)22-17(20)15-13(10-21-3)12-7-5-6-8-14(12)23-15/h5-8,11H,4,9-10H2,1-3H3,(H,18,19)/t11-/m0/s1. The number of hydrogen-bond donors (Lipinski definition) is 1. The molecule has 0 fully saturated rings. The molecule has 0 unspecified atom stereocenters. The lowest BCUT2D eigenvalue weighted by Crippen LogP contribution is -2.36. The predicted molar refractivity (Wildman–Crippen MR) is 85.1 cm³/mol. The maximum absolute atomic E-state index is 12.3. The summed E-state index contributed by atoms with van der Waals surface area (Å²) in [4.78, 5) is 24.2. The molecule has 124 valence electrons. The van der Waals surface area contributed by atoms with Crippen LogP contribution in [0.3, 0.4) is 0 Å². The second kappa shape index (κ2) is 7.78. The van der Waals surface area contributed by atoms with Crippen molar-refractivity contribution >= 4 is 22.8 Å². The first-order chi connectivity index (χ1) is 11.1. The van der Waals surface area contributed by atoms with E-state index in [0.29, 0.717) is 17.7 Å². The molecule has 1 atom stereocenters. The van der Waals surface area contributed by atoms with Crippen molar-refractivity contribution in [2.75, 3.05) is 13.7 Å². The number of amides is 1. The number of esters is 1. The predicted octanol–water partition coefficient (Wildman–Crippen LogP) is 2.65. The molecule has 0 saturated carbocycles. The highest BCUT2D eigenvalue weighted by Crippen LogP contribution is 2.27. The molecule has 6 heteroatoms. The normalized spacial score (nSPS) is 12.1. The van der Waals surface area contributed by atoms with Crippen LogP contribution in [0.25, 0.3) is 11.0 Å². The molecule has 1 aromatic carbocycles. The molecular weight excluding hydrogens is 298 g/mol. The molecule has 0 spiro atoms. The highest BCUT2D eigenvalue weighted by Gasteiger charge is 2.25. The summed E-state index contributed by atoms with van der Waals surface area (Å²) >= 11 is 0. The van der Waals surface area contributed by atoms with Crippen molar-refractivity contribution in [1.82, 2.24) is 5.32 Å². The molecule has 1 N–H and O–H groups in total. The van der Waals surface area contributed by atoms with Crippen molar-refractivity contribution in [2.45, 2.75) is 33.0 Å². The molecular formula is C17H21NO5. The minimum atomic E-state index is -0.891. The van der Waals surface area contributed by atoms with Crippen LogP contribution in [0.5, 0.6) is 0 Å². The quantitative estimate of drug-likeness (QED) is 0.794. The Hall–Kier alpha value is -2.34. The third-order valence-corrected chi connectivity index (χ3v) is 3.37. The van der Waals surface area contributed by atoms with Crippen LogP contribution >= 0.6 is 0 Å². The van der Waals surface area contributed by atoms with Crippen molar-refractivity contribution in [2.24, 2.45) is 0 Å². The first kappa shape index (κ1) is 17.0. The number of carbonyl (C=O) groups excluding carboxylic acids is 2. The van der Waals surface area contributed by atoms with Crippen LogP contribution in [0.1, 0.15) is 36.4 Å². The van der Waals surface area contributed by atoms with Gasteiger partial charge in [-0.15, -0.1) is 0 Å². The van der Waals surface area contributed by atoms with Crippen LogP contribution in [0.4, 0.5) is 0 Å². The molecule has 0 aliphatic heterocycles. The molecule has 1 heterocycles. The van der Waals surface area contributed by atoms with E-state index in [1.165, 1.54) is 14.0 Å². The molecule has 0 aliphatic rings. The van der Waals surface area contributed by atoms with Crippen molar-refractivity contribution in [3.05, 3.63) is 35.6 Å². The molecule has 0 saturated heterocycles. The monoisotopic (exact) mass is 319 g/mol. The van der Waals surface area contributed by atoms with Gasteiger partial charge in [0.15, 0.2) is 6.10 Å². The van der Waals surface area contributed by atoms with Gasteiger partial charge in [0.25, 0.3) is 5.91 Å². The zero-order valence-corrected chi connectivity index (χ0v) is 13.5. The number of hydrogen-bond acceptors (Lipinski definition) is 5. The van der Waals surface area contributed by atoms with Gasteiger partial charge in [-0.25, -0.2) is 4.79 Å². The Morgan fingerprint density at radius 2 is 2.04 bits per heavy atom. The highest BCUT2D eigenvalue weighted by molar-refractivity contribution is 5.97. The Morgan fingerprint density at radius 1 is 1.30 bits per heavy atom. The number of benzene rings is 1. The summed E-state index contributed by atoms with van der Waals surface area (Å²) in [6.45, 7) is 4.24. The van der Waals surface area contributed by atoms with Crippen molar-refractivity contribution in [3.63, 3.8) is 0 Å². The van der Waals surface area contributed by atoms with E-state index in [2.05, 4.69) is 5.32 Å². The van der Waals surface area contributed by atoms with Gasteiger partial charge < -0.3 is 19.2 Å². The second-order valence-corrected chi connectivity index (χ2v) is 5.18. The van der Waals surface area contributed by atoms with E-state index in [-0.39, 0.29) is 18.3 Å². The summed E-state index contributed by atoms with van der Waals surface area (Å²) in [5.41, 5.74) is 1.20. The van der Waals surface area contributed by atoms with Crippen LogP contribution in [-0.2, 0) is 20.9 Å². The van der Waals surface area contributed by atoms with Gasteiger partial charge in [0.2, 0.25) is 5.76 Å². The van der Waals surface area contributed by atoms with E-state index >= 15 is 0 Å². The summed E-state index contributed by atoms with van der Waals surface area (Å²) in [5, 5.41) is 3.48. The van der Waals surface area contributed by atoms with Crippen LogP contribution in [-0.4, -0.2) is 31.6 Å². The number of carbonyl (C=O) groups is 2. The van der Waals surface area contributed by atoms with Gasteiger partial charge in [0, 0.05) is 24.6 Å². The number of ether oxygens (including phenoxy) is 2. The van der Waals surface area contributed by atoms with Gasteiger partial charge in [-0.3, -0.25) is 4.79 Å². The largest absolute Gasteiger partial charge is 0.449 e. The highest BCUT2D eigenvalue weighted by atomic mass is 16.6. The molecule has 0 aliphatic carbocycles. The first-order valence-corrected chi connectivity index (χ1v) is 7.56. The van der Waals surface area contributed by atoms with Crippen LogP contribution in [0.2, 0.25) is 0 Å². The Morgan fingerprint density at radius 3 is 2.74 bits per heavy atom. The van der Waals surface area contributed by atoms with Crippen molar-refractivity contribution in [3.8, 4) is 0 Å². The molecule has 1 aromatic heterocycles. The Balaban J connectivity index is 2.20. The third kappa shape index (κ3) is 3.90. The Bertz CT molecular complexity index is 691. The van der Waals surface area contributed by atoms with Gasteiger partial charge in [0.1, 0.15) is 5.58 Å². The fourth-order valence-electron chi connectivity index (χ4n) is 2.21. The summed E-state index contributed by atoms with van der Waals surface area (Å²) in [6.07, 6.45) is -0.0776. The van der Waals surface area contributed by atoms with Crippen LogP contribution in [0, 0.1) is 0 Å². The minimum Gasteiger partial charge on any atom is -0.449 e. The molecule has 2 aromatic rings. The first-order valence-electron chi connectivity index (χ1n) is 7.56. The Kier molecular flexibility index (Phi) is 5.76. The van der Waals surface area contributed by atoms with Gasteiger partial charge in [0.05, 0.1) is 6.61 Å². The molecule has 0 radical (unpaired) electrons. The average Bonchev–Trinajstić information content (AvgIpc) is 2.92. The van der Waals surface area contributed by atoms with E-state index in [4.69, 9.17) is 13.9 Å². The lowest BCUT2D eigenvalue weighted by molar-refractivity contribution is -0.129. The van der Waals surface area contributed by atoms with Crippen molar-refractivity contribution < 1.29 is 23.5 Å². The summed E-state index contributed by atoms with van der Waals surface area (Å²) in [7, 11) is 1.54. The Labute approximate surface area is 134 Å². The number of furan rings is 1. The van der Waals surface area contributed by atoms with E-state index in [1.54, 1.807) is 6.07 Å². The third-order valence-electron chi connectivity index (χ3n) is 3.37. The van der Waals surface area contributed by atoms with Crippen molar-refractivity contribution in [1.29, 1.82) is 0 Å². The molecule has 0 bridgehead atoms. The number of para-hydroxylation sites is 1. The zero-order valence-electron chi connectivity index (χ0n) is 13.5. The number of rotatable bonds is 7. The lowest BCUT2D eigenvalue weighted by Gasteiger charge is -2.12. The van der Waals surface area contributed by atoms with E-state index in [0.717, 1.165) is 11.8 Å². The topological polar surface area (TPSA) is 77.8 Å². The fraction of sp³-hybridized carbons (Fsp3) is 0.412. The van der Waals surface area contributed by atoms with Crippen LogP contribution < -0.4 is 5.32 Å². The van der Waals surface area contributed by atoms with Crippen LogP contribution in [0.15, 0.2) is 28.7 Å². The van der Waals surface area contributed by atoms with E-state index < -0.39 is 12.1 Å². The number of methoxy groups -OCH3 is 1. The van der Waals surface area contributed by atoms with E-state index in [1.807, 2.05) is 25.1 Å². The molecule has 2 rings (SSSR count). The minimum absolute atomic E-state index is 0.0724. The molecule has 23 heavy (non-hydrogen) atoms. The SMILES string of the molecule is CCCNC(=O)[C@H](C)OC(=O)c1oc2ccccc2c1COC. The number of nitrogens with one attached hydrogen (secondary N) is 1. The second-order valence-electron chi connectivity index (χ2n) is 5.18. The maximum Gasteiger partial charge on any atom is 0.375 e. The lowest BCUT2D eigenvalue weighted by atomic mass is 10.1. The molecule has 6 nitrogen and oxygen atoms in total. The summed E-state index contributed by atoms with van der Waals surface area (Å²) in [6, 6.07) is 7.29. The summed E-state index contributed by atoms with van der Waals surface area (Å²) < 4.78 is 15.9. The van der Waals surface area contributed by atoms with Gasteiger partial charge in [-0.1, -0.05) is 25.1 Å². The average molecular weight is 319 g/mol. The van der Waals surface area contributed by atoms with E-state index in [9.17, 15) is 9.59 Å². The van der Waals surface area contributed by atoms with Gasteiger partial charge >= 0.3 is 5.97 Å². The maximum atomic E-state index is 12.3. The van der Waals surface area contributed by atoms with Gasteiger partial charge in [-0.2, -0.15) is 0 Å². The smallest absolute Gasteiger partial charge is 0.375 e.